The van der Waals surface area contributed by atoms with Crippen molar-refractivity contribution in [3.05, 3.63) is 40.2 Å². The molecule has 4 aliphatic carbocycles. The van der Waals surface area contributed by atoms with Crippen molar-refractivity contribution in [2.24, 2.45) is 17.6 Å². The number of hydrogen-bond donors (Lipinski definition) is 7. The zero-order valence-corrected chi connectivity index (χ0v) is 22.4. The van der Waals surface area contributed by atoms with Crippen LogP contribution in [0.4, 0.5) is 5.69 Å². The van der Waals surface area contributed by atoms with E-state index in [1.165, 1.54) is 4.90 Å². The van der Waals surface area contributed by atoms with E-state index in [1.807, 2.05) is 0 Å². The van der Waals surface area contributed by atoms with Crippen LogP contribution in [0.3, 0.4) is 0 Å². The fourth-order valence-electron chi connectivity index (χ4n) is 6.89. The third-order valence-electron chi connectivity index (χ3n) is 8.75. The fraction of sp³-hybridized carbons (Fsp3) is 0.500. The zero-order chi connectivity index (χ0) is 29.1. The van der Waals surface area contributed by atoms with Crippen molar-refractivity contribution >= 4 is 34.8 Å². The average Bonchev–Trinajstić information content (AvgIpc) is 3.38. The number of carbonyl (C=O) groups excluding carboxylic acids is 4. The van der Waals surface area contributed by atoms with Crippen molar-refractivity contribution in [3.8, 4) is 5.75 Å². The molecule has 214 valence electrons. The first kappa shape index (κ1) is 27.7. The number of aliphatic hydroxyl groups is 3. The number of amides is 2. The molecule has 0 aliphatic heterocycles. The van der Waals surface area contributed by atoms with E-state index in [9.17, 15) is 39.6 Å². The number of ketones is 2. The third-order valence-corrected chi connectivity index (χ3v) is 8.75. The maximum atomic E-state index is 13.9. The Morgan fingerprint density at radius 2 is 1.80 bits per heavy atom. The minimum Gasteiger partial charge on any atom is -0.508 e. The summed E-state index contributed by atoms with van der Waals surface area (Å²) in [5.41, 5.74) is 2.25. The van der Waals surface area contributed by atoms with Crippen LogP contribution >= 0.6 is 0 Å². The molecule has 4 aliphatic rings. The number of nitrogens with two attached hydrogens (primary N) is 1. The fourth-order valence-corrected chi connectivity index (χ4v) is 6.89. The summed E-state index contributed by atoms with van der Waals surface area (Å²) >= 11 is 0. The molecular formula is C28H34N4O8. The summed E-state index contributed by atoms with van der Waals surface area (Å²) in [6.07, 6.45) is 4.20. The molecule has 40 heavy (non-hydrogen) atoms. The van der Waals surface area contributed by atoms with Crippen LogP contribution in [0, 0.1) is 11.8 Å². The van der Waals surface area contributed by atoms with Crippen LogP contribution in [-0.2, 0) is 25.6 Å². The van der Waals surface area contributed by atoms with Gasteiger partial charge in [0.05, 0.1) is 23.8 Å². The molecule has 1 aromatic rings. The predicted octanol–water partition coefficient (Wildman–Crippen LogP) is 0.435. The van der Waals surface area contributed by atoms with E-state index in [4.69, 9.17) is 5.73 Å². The van der Waals surface area contributed by atoms with Crippen molar-refractivity contribution in [1.82, 2.24) is 10.2 Å². The molecule has 0 aromatic heterocycles. The molecule has 2 fully saturated rings. The molecule has 0 spiro atoms. The van der Waals surface area contributed by atoms with Crippen LogP contribution in [0.5, 0.6) is 5.75 Å². The molecule has 0 saturated heterocycles. The van der Waals surface area contributed by atoms with Gasteiger partial charge in [0.25, 0.3) is 5.91 Å². The number of fused-ring (bicyclic) bond motifs is 3. The van der Waals surface area contributed by atoms with Gasteiger partial charge in [0, 0.05) is 17.5 Å². The summed E-state index contributed by atoms with van der Waals surface area (Å²) in [6, 6.07) is 2.25. The quantitative estimate of drug-likeness (QED) is 0.191. The number of likely N-dealkylation sites (N-methyl/N-ethyl adjacent to an activating group) is 1. The Bertz CT molecular complexity index is 1380. The summed E-state index contributed by atoms with van der Waals surface area (Å²) in [5, 5.41) is 50.7. The van der Waals surface area contributed by atoms with E-state index >= 15 is 0 Å². The predicted molar refractivity (Wildman–Crippen MR) is 143 cm³/mol. The third kappa shape index (κ3) is 4.13. The van der Waals surface area contributed by atoms with Gasteiger partial charge in [-0.1, -0.05) is 18.9 Å². The van der Waals surface area contributed by atoms with Crippen LogP contribution in [0.2, 0.25) is 0 Å². The van der Waals surface area contributed by atoms with Crippen LogP contribution in [0.1, 0.15) is 43.2 Å². The van der Waals surface area contributed by atoms with Crippen molar-refractivity contribution in [2.45, 2.75) is 56.2 Å². The first-order chi connectivity index (χ1) is 18.9. The van der Waals surface area contributed by atoms with Gasteiger partial charge in [-0.3, -0.25) is 24.1 Å². The van der Waals surface area contributed by atoms with Crippen molar-refractivity contribution in [1.29, 1.82) is 0 Å². The summed E-state index contributed by atoms with van der Waals surface area (Å²) in [7, 11) is 3.10. The van der Waals surface area contributed by atoms with Gasteiger partial charge >= 0.3 is 0 Å². The van der Waals surface area contributed by atoms with Crippen molar-refractivity contribution in [2.75, 3.05) is 26.0 Å². The minimum absolute atomic E-state index is 0.0217. The highest BCUT2D eigenvalue weighted by Gasteiger charge is 2.64. The number of phenols is 1. The lowest BCUT2D eigenvalue weighted by Crippen LogP contribution is -2.65. The zero-order valence-electron chi connectivity index (χ0n) is 22.4. The Morgan fingerprint density at radius 1 is 1.12 bits per heavy atom. The van der Waals surface area contributed by atoms with E-state index in [0.29, 0.717) is 5.56 Å². The largest absolute Gasteiger partial charge is 0.508 e. The monoisotopic (exact) mass is 554 g/mol. The Labute approximate surface area is 230 Å². The molecule has 0 unspecified atom stereocenters. The molecule has 0 bridgehead atoms. The van der Waals surface area contributed by atoms with Gasteiger partial charge < -0.3 is 36.8 Å². The van der Waals surface area contributed by atoms with Gasteiger partial charge in [0.2, 0.25) is 11.7 Å². The number of rotatable bonds is 6. The summed E-state index contributed by atoms with van der Waals surface area (Å²) in [6.45, 7) is -0.113. The van der Waals surface area contributed by atoms with E-state index in [-0.39, 0.29) is 53.9 Å². The Morgan fingerprint density at radius 3 is 2.42 bits per heavy atom. The maximum Gasteiger partial charge on any atom is 0.255 e. The molecule has 4 atom stereocenters. The number of phenolic OH excluding ortho intramolecular Hbond substituents is 1. The average molecular weight is 555 g/mol. The highest BCUT2D eigenvalue weighted by atomic mass is 16.3. The van der Waals surface area contributed by atoms with Gasteiger partial charge in [0.1, 0.15) is 22.8 Å². The van der Waals surface area contributed by atoms with Crippen LogP contribution in [-0.4, -0.2) is 87.0 Å². The summed E-state index contributed by atoms with van der Waals surface area (Å²) in [5.74, 6) is -7.23. The highest BCUT2D eigenvalue weighted by Crippen LogP contribution is 2.53. The van der Waals surface area contributed by atoms with E-state index in [2.05, 4.69) is 10.6 Å². The number of benzene rings is 1. The van der Waals surface area contributed by atoms with E-state index in [0.717, 1.165) is 25.7 Å². The van der Waals surface area contributed by atoms with Gasteiger partial charge in [-0.05, 0) is 57.3 Å². The molecule has 1 aromatic carbocycles. The number of aromatic hydroxyl groups is 1. The summed E-state index contributed by atoms with van der Waals surface area (Å²) < 4.78 is 0. The smallest absolute Gasteiger partial charge is 0.255 e. The number of anilines is 1. The number of primary amides is 1. The van der Waals surface area contributed by atoms with E-state index in [1.54, 1.807) is 26.2 Å². The Balaban J connectivity index is 1.51. The number of aliphatic hydroxyl groups excluding tert-OH is 2. The Kier molecular flexibility index (Phi) is 6.87. The SMILES string of the molecule is CN(C)[C@@H]1C(=O)C(C(N)=O)=C(O)[C@]2(O)C(=O)C3=C(O)c4c(ccc(NCC(=O)NC5CCCC5)c4O)C[C@@H]3C[C@H]12. The standard InChI is InChI=1S/C28H34N4O8/c1-32(2)21-15-10-13-9-12-7-8-16(30-11-17(33)31-14-5-3-4-6-14)22(34)18(12)23(35)19(13)25(37)28(15,40)26(38)20(24(21)36)27(29)39/h7-8,13-15,21,30,34-35,38,40H,3-6,9-11H2,1-2H3,(H2,29,39)(H,31,33)/t13-,15-,21+,28-/m1/s1. The van der Waals surface area contributed by atoms with Gasteiger partial charge in [-0.25, -0.2) is 0 Å². The van der Waals surface area contributed by atoms with Gasteiger partial charge in [-0.2, -0.15) is 0 Å². The van der Waals surface area contributed by atoms with Crippen LogP contribution < -0.4 is 16.4 Å². The van der Waals surface area contributed by atoms with Crippen molar-refractivity contribution in [3.63, 3.8) is 0 Å². The number of Topliss-reactive ketones (excluding diaryl/α,β-unsaturated/α-hetero) is 2. The van der Waals surface area contributed by atoms with Crippen LogP contribution in [0.25, 0.3) is 5.76 Å². The summed E-state index contributed by atoms with van der Waals surface area (Å²) in [4.78, 5) is 52.9. The van der Waals surface area contributed by atoms with E-state index < -0.39 is 58.0 Å². The Hall–Kier alpha value is -3.90. The molecule has 5 rings (SSSR count). The molecule has 0 heterocycles. The minimum atomic E-state index is -2.69. The molecule has 2 saturated carbocycles. The van der Waals surface area contributed by atoms with Crippen molar-refractivity contribution < 1.29 is 39.6 Å². The lowest BCUT2D eigenvalue weighted by molar-refractivity contribution is -0.153. The number of carbonyl (C=O) groups is 4. The molecule has 0 radical (unpaired) electrons. The second kappa shape index (κ2) is 9.93. The first-order valence-corrected chi connectivity index (χ1v) is 13.4. The molecule has 8 N–H and O–H groups in total. The number of nitrogens with one attached hydrogen (secondary N) is 2. The lowest BCUT2D eigenvalue weighted by atomic mass is 9.57. The van der Waals surface area contributed by atoms with Gasteiger partial charge in [-0.15, -0.1) is 0 Å². The first-order valence-electron chi connectivity index (χ1n) is 13.4. The topological polar surface area (TPSA) is 203 Å². The second-order valence-corrected chi connectivity index (χ2v) is 11.4. The molecule has 12 heteroatoms. The highest BCUT2D eigenvalue weighted by molar-refractivity contribution is 6.24. The molecular weight excluding hydrogens is 520 g/mol. The maximum absolute atomic E-state index is 13.9. The van der Waals surface area contributed by atoms with Gasteiger partial charge in [0.15, 0.2) is 11.4 Å². The number of nitrogens with zero attached hydrogens (tertiary/aromatic N) is 1. The number of hydrogen-bond acceptors (Lipinski definition) is 10. The molecule has 2 amide bonds. The normalized spacial score (nSPS) is 28.4. The lowest BCUT2D eigenvalue weighted by Gasteiger charge is -2.50. The van der Waals surface area contributed by atoms with Crippen LogP contribution in [0.15, 0.2) is 29.0 Å². The molecule has 12 nitrogen and oxygen atoms in total. The second-order valence-electron chi connectivity index (χ2n) is 11.4.